The number of piperidine rings is 1. The fraction of sp³-hybridized carbons (Fsp3) is 0.333. The van der Waals surface area contributed by atoms with Crippen LogP contribution in [0.15, 0.2) is 47.6 Å². The van der Waals surface area contributed by atoms with E-state index in [-0.39, 0.29) is 23.7 Å². The first-order valence-electron chi connectivity index (χ1n) is 6.37. The zero-order chi connectivity index (χ0) is 12.7. The van der Waals surface area contributed by atoms with E-state index < -0.39 is 0 Å². The highest BCUT2D eigenvalue weighted by Gasteiger charge is 2.43. The molecule has 2 amide bonds. The Kier molecular flexibility index (Phi) is 2.54. The van der Waals surface area contributed by atoms with Gasteiger partial charge in [-0.15, -0.1) is 0 Å². The lowest BCUT2D eigenvalue weighted by Crippen LogP contribution is -2.49. The third kappa shape index (κ3) is 1.43. The highest BCUT2D eigenvalue weighted by Crippen LogP contribution is 2.40. The molecule has 92 valence electrons. The van der Waals surface area contributed by atoms with E-state index in [4.69, 9.17) is 0 Å². The van der Waals surface area contributed by atoms with Crippen molar-refractivity contribution in [3.05, 3.63) is 47.6 Å². The van der Waals surface area contributed by atoms with Crippen molar-refractivity contribution in [1.29, 1.82) is 0 Å². The van der Waals surface area contributed by atoms with Gasteiger partial charge in [0.05, 0.1) is 0 Å². The van der Waals surface area contributed by atoms with Crippen LogP contribution in [0.2, 0.25) is 0 Å². The van der Waals surface area contributed by atoms with Crippen LogP contribution in [0.5, 0.6) is 0 Å². The van der Waals surface area contributed by atoms with Crippen LogP contribution in [-0.2, 0) is 9.59 Å². The van der Waals surface area contributed by atoms with Gasteiger partial charge in [-0.05, 0) is 6.42 Å². The first kappa shape index (κ1) is 11.2. The van der Waals surface area contributed by atoms with E-state index in [1.54, 1.807) is 0 Å². The number of carbonyl (C=O) groups is 2. The average molecular weight is 241 g/mol. The summed E-state index contributed by atoms with van der Waals surface area (Å²) in [5.74, 6) is -0.142. The lowest BCUT2D eigenvalue weighted by molar-refractivity contribution is -0.142. The van der Waals surface area contributed by atoms with E-state index in [1.165, 1.54) is 4.90 Å². The Labute approximate surface area is 106 Å². The van der Waals surface area contributed by atoms with Crippen LogP contribution in [0.25, 0.3) is 0 Å². The summed E-state index contributed by atoms with van der Waals surface area (Å²) in [6.45, 7) is 2.47. The summed E-state index contributed by atoms with van der Waals surface area (Å²) in [6, 6.07) is 0. The van der Waals surface area contributed by atoms with Crippen LogP contribution in [0.1, 0.15) is 13.3 Å². The molecule has 0 spiro atoms. The molecule has 0 atom stereocenters. The highest BCUT2D eigenvalue weighted by molar-refractivity contribution is 6.15. The molecule has 0 aromatic rings. The Morgan fingerprint density at radius 1 is 1.06 bits per heavy atom. The monoisotopic (exact) mass is 241 g/mol. The van der Waals surface area contributed by atoms with Gasteiger partial charge in [-0.25, -0.2) is 0 Å². The summed E-state index contributed by atoms with van der Waals surface area (Å²) in [5, 5.41) is 0. The number of amides is 2. The van der Waals surface area contributed by atoms with E-state index in [9.17, 15) is 9.59 Å². The van der Waals surface area contributed by atoms with Gasteiger partial charge in [0.2, 0.25) is 0 Å². The van der Waals surface area contributed by atoms with Crippen molar-refractivity contribution in [3.63, 3.8) is 0 Å². The number of carbonyl (C=O) groups excluding carboxylic acids is 2. The molecule has 0 saturated carbocycles. The molecular weight excluding hydrogens is 226 g/mol. The summed E-state index contributed by atoms with van der Waals surface area (Å²) < 4.78 is 0. The van der Waals surface area contributed by atoms with Crippen molar-refractivity contribution in [2.75, 3.05) is 6.54 Å². The van der Waals surface area contributed by atoms with Gasteiger partial charge < -0.3 is 0 Å². The zero-order valence-corrected chi connectivity index (χ0v) is 10.3. The Morgan fingerprint density at radius 2 is 1.61 bits per heavy atom. The van der Waals surface area contributed by atoms with Crippen molar-refractivity contribution in [1.82, 2.24) is 4.90 Å². The maximum Gasteiger partial charge on any atom is 0.257 e. The number of rotatable bonds is 2. The highest BCUT2D eigenvalue weighted by atomic mass is 16.2. The summed E-state index contributed by atoms with van der Waals surface area (Å²) in [6.07, 6.45) is 12.4. The van der Waals surface area contributed by atoms with Crippen molar-refractivity contribution in [3.8, 4) is 0 Å². The van der Waals surface area contributed by atoms with Gasteiger partial charge in [-0.3, -0.25) is 14.5 Å². The van der Waals surface area contributed by atoms with Crippen LogP contribution in [0, 0.1) is 11.8 Å². The number of nitrogens with zero attached hydrogens (tertiary/aromatic N) is 1. The molecule has 1 heterocycles. The molecule has 0 N–H and O–H groups in total. The average Bonchev–Trinajstić information content (AvgIpc) is 2.40. The van der Waals surface area contributed by atoms with Crippen LogP contribution >= 0.6 is 0 Å². The van der Waals surface area contributed by atoms with Gasteiger partial charge in [-0.2, -0.15) is 0 Å². The van der Waals surface area contributed by atoms with Crippen molar-refractivity contribution >= 4 is 11.8 Å². The Hall–Kier alpha value is -1.90. The van der Waals surface area contributed by atoms with Gasteiger partial charge in [0.25, 0.3) is 11.8 Å². The largest absolute Gasteiger partial charge is 0.275 e. The lowest BCUT2D eigenvalue weighted by Gasteiger charge is -2.38. The second-order valence-electron chi connectivity index (χ2n) is 4.83. The summed E-state index contributed by atoms with van der Waals surface area (Å²) in [5.41, 5.74) is 1.51. The van der Waals surface area contributed by atoms with Crippen LogP contribution in [-0.4, -0.2) is 23.3 Å². The van der Waals surface area contributed by atoms with Crippen molar-refractivity contribution < 1.29 is 9.59 Å². The Bertz CT molecular complexity index is 493. The minimum absolute atomic E-state index is 0.0619. The third-order valence-corrected chi connectivity index (χ3v) is 3.70. The first-order chi connectivity index (χ1) is 8.74. The fourth-order valence-electron chi connectivity index (χ4n) is 2.89. The molecule has 0 unspecified atom stereocenters. The second kappa shape index (κ2) is 4.09. The molecule has 0 radical (unpaired) electrons. The van der Waals surface area contributed by atoms with Gasteiger partial charge in [0.15, 0.2) is 0 Å². The molecule has 1 fully saturated rings. The molecule has 0 aromatic heterocycles. The van der Waals surface area contributed by atoms with Gasteiger partial charge in [0.1, 0.15) is 0 Å². The van der Waals surface area contributed by atoms with Gasteiger partial charge in [0, 0.05) is 29.5 Å². The molecule has 1 aliphatic heterocycles. The number of likely N-dealkylation sites (tertiary alicyclic amines) is 1. The number of hydrogen-bond acceptors (Lipinski definition) is 2. The van der Waals surface area contributed by atoms with Crippen LogP contribution in [0.4, 0.5) is 0 Å². The molecule has 0 aromatic carbocycles. The van der Waals surface area contributed by atoms with E-state index in [2.05, 4.69) is 0 Å². The molecule has 3 aliphatic rings. The quantitative estimate of drug-likeness (QED) is 0.693. The number of imide groups is 1. The maximum atomic E-state index is 12.3. The van der Waals surface area contributed by atoms with Crippen molar-refractivity contribution in [2.45, 2.75) is 13.3 Å². The minimum Gasteiger partial charge on any atom is -0.275 e. The standard InChI is InChI=1S/C15H15NO2/c1-2-9-16-14(17)11-7-3-5-10-6-4-8-12(13(10)11)15(16)18/h3-8,10,13H,2,9H2,1H3. The van der Waals surface area contributed by atoms with Crippen LogP contribution in [0.3, 0.4) is 0 Å². The Morgan fingerprint density at radius 3 is 2.11 bits per heavy atom. The summed E-state index contributed by atoms with van der Waals surface area (Å²) in [4.78, 5) is 26.1. The van der Waals surface area contributed by atoms with Gasteiger partial charge >= 0.3 is 0 Å². The molecule has 2 aliphatic carbocycles. The second-order valence-corrected chi connectivity index (χ2v) is 4.83. The number of hydrogen-bond donors (Lipinski definition) is 0. The molecule has 18 heavy (non-hydrogen) atoms. The normalized spacial score (nSPS) is 29.1. The lowest BCUT2D eigenvalue weighted by atomic mass is 9.72. The minimum atomic E-state index is -0.117. The summed E-state index contributed by atoms with van der Waals surface area (Å²) in [7, 11) is 0. The van der Waals surface area contributed by atoms with Crippen LogP contribution < -0.4 is 0 Å². The predicted octanol–water partition coefficient (Wildman–Crippen LogP) is 1.99. The van der Waals surface area contributed by atoms with E-state index in [0.717, 1.165) is 17.6 Å². The SMILES string of the molecule is CCCN1C(=O)C2=CC=CC3C=CC=C(C1=O)C23. The molecule has 0 bridgehead atoms. The molecule has 1 saturated heterocycles. The maximum absolute atomic E-state index is 12.3. The molecule has 3 heteroatoms. The van der Waals surface area contributed by atoms with E-state index in [0.29, 0.717) is 6.54 Å². The molecular formula is C15H15NO2. The van der Waals surface area contributed by atoms with Gasteiger partial charge in [-0.1, -0.05) is 43.4 Å². The smallest absolute Gasteiger partial charge is 0.257 e. The Balaban J connectivity index is 2.09. The van der Waals surface area contributed by atoms with E-state index >= 15 is 0 Å². The molecule has 3 nitrogen and oxygen atoms in total. The molecule has 3 rings (SSSR count). The topological polar surface area (TPSA) is 37.4 Å². The number of allylic oxidation sites excluding steroid dienone is 6. The van der Waals surface area contributed by atoms with E-state index in [1.807, 2.05) is 43.4 Å². The fourth-order valence-corrected chi connectivity index (χ4v) is 2.89. The first-order valence-corrected chi connectivity index (χ1v) is 6.37. The summed E-state index contributed by atoms with van der Waals surface area (Å²) >= 11 is 0. The van der Waals surface area contributed by atoms with Crippen molar-refractivity contribution in [2.24, 2.45) is 11.8 Å². The predicted molar refractivity (Wildman–Crippen MR) is 68.4 cm³/mol. The third-order valence-electron chi connectivity index (χ3n) is 3.70. The zero-order valence-electron chi connectivity index (χ0n) is 10.3.